The standard InChI is InChI=1S/C12H15ClN2O4/c1-7-3-8(4-10(13)15-7)12(18)14-6-9(19-2)5-11(16)17/h3-4,9H,5-6H2,1-2H3,(H,14,18)(H,16,17). The summed E-state index contributed by atoms with van der Waals surface area (Å²) in [7, 11) is 1.40. The molecular weight excluding hydrogens is 272 g/mol. The van der Waals surface area contributed by atoms with Gasteiger partial charge in [-0.1, -0.05) is 11.6 Å². The minimum atomic E-state index is -0.983. The summed E-state index contributed by atoms with van der Waals surface area (Å²) in [5, 5.41) is 11.5. The molecule has 104 valence electrons. The Balaban J connectivity index is 2.61. The van der Waals surface area contributed by atoms with Crippen LogP contribution in [0.2, 0.25) is 5.15 Å². The van der Waals surface area contributed by atoms with Crippen LogP contribution >= 0.6 is 11.6 Å². The first-order valence-corrected chi connectivity index (χ1v) is 5.97. The topological polar surface area (TPSA) is 88.5 Å². The fourth-order valence-corrected chi connectivity index (χ4v) is 1.75. The number of carbonyl (C=O) groups is 2. The van der Waals surface area contributed by atoms with Crippen LogP contribution in [0.5, 0.6) is 0 Å². The monoisotopic (exact) mass is 286 g/mol. The Bertz CT molecular complexity index is 459. The van der Waals surface area contributed by atoms with Gasteiger partial charge in [0.25, 0.3) is 5.91 Å². The number of hydrogen-bond acceptors (Lipinski definition) is 4. The quantitative estimate of drug-likeness (QED) is 0.769. The summed E-state index contributed by atoms with van der Waals surface area (Å²) < 4.78 is 4.96. The second-order valence-corrected chi connectivity index (χ2v) is 4.37. The van der Waals surface area contributed by atoms with Crippen molar-refractivity contribution in [2.45, 2.75) is 19.4 Å². The molecule has 1 heterocycles. The molecule has 1 unspecified atom stereocenters. The summed E-state index contributed by atoms with van der Waals surface area (Å²) in [5.74, 6) is -1.33. The molecule has 1 rings (SSSR count). The lowest BCUT2D eigenvalue weighted by Gasteiger charge is -2.14. The van der Waals surface area contributed by atoms with Crippen molar-refractivity contribution < 1.29 is 19.4 Å². The smallest absolute Gasteiger partial charge is 0.306 e. The van der Waals surface area contributed by atoms with Crippen LogP contribution in [0.1, 0.15) is 22.5 Å². The predicted octanol–water partition coefficient (Wildman–Crippen LogP) is 1.26. The summed E-state index contributed by atoms with van der Waals surface area (Å²) in [6, 6.07) is 3.04. The van der Waals surface area contributed by atoms with Crippen molar-refractivity contribution in [3.63, 3.8) is 0 Å². The summed E-state index contributed by atoms with van der Waals surface area (Å²) >= 11 is 5.76. The molecule has 0 saturated carbocycles. The van der Waals surface area contributed by atoms with E-state index in [0.717, 1.165) is 0 Å². The molecule has 7 heteroatoms. The second-order valence-electron chi connectivity index (χ2n) is 3.99. The molecule has 1 amide bonds. The number of pyridine rings is 1. The number of nitrogens with one attached hydrogen (secondary N) is 1. The van der Waals surface area contributed by atoms with E-state index in [1.165, 1.54) is 13.2 Å². The van der Waals surface area contributed by atoms with Crippen LogP contribution < -0.4 is 5.32 Å². The van der Waals surface area contributed by atoms with E-state index < -0.39 is 12.1 Å². The fraction of sp³-hybridized carbons (Fsp3) is 0.417. The van der Waals surface area contributed by atoms with E-state index >= 15 is 0 Å². The SMILES string of the molecule is COC(CNC(=O)c1cc(C)nc(Cl)c1)CC(=O)O. The molecule has 0 aliphatic carbocycles. The third-order valence-corrected chi connectivity index (χ3v) is 2.60. The Morgan fingerprint density at radius 1 is 1.53 bits per heavy atom. The minimum absolute atomic E-state index is 0.112. The molecule has 6 nitrogen and oxygen atoms in total. The number of aliphatic carboxylic acids is 1. The van der Waals surface area contributed by atoms with Crippen molar-refractivity contribution in [3.8, 4) is 0 Å². The number of rotatable bonds is 6. The van der Waals surface area contributed by atoms with E-state index in [1.54, 1.807) is 13.0 Å². The van der Waals surface area contributed by atoms with E-state index in [0.29, 0.717) is 11.3 Å². The number of halogens is 1. The lowest BCUT2D eigenvalue weighted by Crippen LogP contribution is -2.34. The maximum Gasteiger partial charge on any atom is 0.306 e. The molecule has 0 aliphatic rings. The number of carboxylic acid groups (broad SMARTS) is 1. The molecule has 0 radical (unpaired) electrons. The lowest BCUT2D eigenvalue weighted by molar-refractivity contribution is -0.139. The summed E-state index contributed by atoms with van der Waals surface area (Å²) in [6.07, 6.45) is -0.743. The normalized spacial score (nSPS) is 11.9. The lowest BCUT2D eigenvalue weighted by atomic mass is 10.2. The Morgan fingerprint density at radius 3 is 2.74 bits per heavy atom. The highest BCUT2D eigenvalue weighted by molar-refractivity contribution is 6.29. The van der Waals surface area contributed by atoms with Crippen molar-refractivity contribution in [2.75, 3.05) is 13.7 Å². The summed E-state index contributed by atoms with van der Waals surface area (Å²) in [5.41, 5.74) is 1.01. The third-order valence-electron chi connectivity index (χ3n) is 2.41. The molecular formula is C12H15ClN2O4. The number of carboxylic acids is 1. The van der Waals surface area contributed by atoms with Gasteiger partial charge < -0.3 is 15.2 Å². The third kappa shape index (κ3) is 5.23. The Labute approximate surface area is 115 Å². The predicted molar refractivity (Wildman–Crippen MR) is 69.4 cm³/mol. The number of carbonyl (C=O) groups excluding carboxylic acids is 1. The van der Waals surface area contributed by atoms with Gasteiger partial charge >= 0.3 is 5.97 Å². The highest BCUT2D eigenvalue weighted by Gasteiger charge is 2.14. The number of methoxy groups -OCH3 is 1. The van der Waals surface area contributed by atoms with Crippen LogP contribution in [0.4, 0.5) is 0 Å². The van der Waals surface area contributed by atoms with E-state index in [1.807, 2.05) is 0 Å². The summed E-state index contributed by atoms with van der Waals surface area (Å²) in [4.78, 5) is 26.4. The van der Waals surface area contributed by atoms with Crippen LogP contribution in [0.25, 0.3) is 0 Å². The number of ether oxygens (including phenoxy) is 1. The van der Waals surface area contributed by atoms with E-state index in [2.05, 4.69) is 10.3 Å². The van der Waals surface area contributed by atoms with Crippen molar-refractivity contribution >= 4 is 23.5 Å². The second kappa shape index (κ2) is 7.06. The van der Waals surface area contributed by atoms with Crippen molar-refractivity contribution in [1.82, 2.24) is 10.3 Å². The number of aromatic nitrogens is 1. The van der Waals surface area contributed by atoms with Gasteiger partial charge in [-0.2, -0.15) is 0 Å². The van der Waals surface area contributed by atoms with E-state index in [4.69, 9.17) is 21.4 Å². The molecule has 19 heavy (non-hydrogen) atoms. The van der Waals surface area contributed by atoms with Crippen molar-refractivity contribution in [3.05, 3.63) is 28.5 Å². The van der Waals surface area contributed by atoms with Gasteiger partial charge in [0.1, 0.15) is 5.15 Å². The Morgan fingerprint density at radius 2 is 2.21 bits per heavy atom. The van der Waals surface area contributed by atoms with Crippen LogP contribution in [0.3, 0.4) is 0 Å². The van der Waals surface area contributed by atoms with Gasteiger partial charge in [-0.3, -0.25) is 9.59 Å². The average Bonchev–Trinajstić information content (AvgIpc) is 2.32. The van der Waals surface area contributed by atoms with E-state index in [9.17, 15) is 9.59 Å². The van der Waals surface area contributed by atoms with Gasteiger partial charge in [0.05, 0.1) is 12.5 Å². The van der Waals surface area contributed by atoms with Crippen molar-refractivity contribution in [1.29, 1.82) is 0 Å². The first-order chi connectivity index (χ1) is 8.92. The molecule has 1 aromatic rings. The fourth-order valence-electron chi connectivity index (χ4n) is 1.50. The van der Waals surface area contributed by atoms with Gasteiger partial charge in [-0.25, -0.2) is 4.98 Å². The first-order valence-electron chi connectivity index (χ1n) is 5.59. The van der Waals surface area contributed by atoms with Crippen LogP contribution in [0, 0.1) is 6.92 Å². The molecule has 1 atom stereocenters. The molecule has 0 saturated heterocycles. The average molecular weight is 287 g/mol. The molecule has 0 bridgehead atoms. The molecule has 0 fully saturated rings. The maximum atomic E-state index is 11.9. The van der Waals surface area contributed by atoms with Crippen LogP contribution in [-0.4, -0.2) is 41.7 Å². The zero-order valence-corrected chi connectivity index (χ0v) is 11.4. The highest BCUT2D eigenvalue weighted by Crippen LogP contribution is 2.10. The van der Waals surface area contributed by atoms with Crippen molar-refractivity contribution in [2.24, 2.45) is 0 Å². The van der Waals surface area contributed by atoms with Gasteiger partial charge in [0.15, 0.2) is 0 Å². The molecule has 1 aromatic heterocycles. The minimum Gasteiger partial charge on any atom is -0.481 e. The molecule has 0 spiro atoms. The van der Waals surface area contributed by atoms with Gasteiger partial charge in [0, 0.05) is 24.9 Å². The number of nitrogens with zero attached hydrogens (tertiary/aromatic N) is 1. The zero-order valence-electron chi connectivity index (χ0n) is 10.6. The Kier molecular flexibility index (Phi) is 5.72. The largest absolute Gasteiger partial charge is 0.481 e. The first kappa shape index (κ1) is 15.4. The molecule has 0 aliphatic heterocycles. The Hall–Kier alpha value is -1.66. The number of hydrogen-bond donors (Lipinski definition) is 2. The van der Waals surface area contributed by atoms with Gasteiger partial charge in [-0.05, 0) is 19.1 Å². The van der Waals surface area contributed by atoms with Crippen LogP contribution in [-0.2, 0) is 9.53 Å². The maximum absolute atomic E-state index is 11.9. The molecule has 2 N–H and O–H groups in total. The summed E-state index contributed by atoms with van der Waals surface area (Å²) in [6.45, 7) is 1.84. The number of aryl methyl sites for hydroxylation is 1. The zero-order chi connectivity index (χ0) is 14.4. The molecule has 0 aromatic carbocycles. The van der Waals surface area contributed by atoms with Gasteiger partial charge in [0.2, 0.25) is 0 Å². The van der Waals surface area contributed by atoms with E-state index in [-0.39, 0.29) is 24.0 Å². The number of amides is 1. The van der Waals surface area contributed by atoms with Gasteiger partial charge in [-0.15, -0.1) is 0 Å². The van der Waals surface area contributed by atoms with Crippen LogP contribution in [0.15, 0.2) is 12.1 Å². The highest BCUT2D eigenvalue weighted by atomic mass is 35.5.